The van der Waals surface area contributed by atoms with Crippen LogP contribution in [0.1, 0.15) is 20.3 Å². The Morgan fingerprint density at radius 3 is 2.86 bits per heavy atom. The van der Waals surface area contributed by atoms with E-state index in [0.717, 1.165) is 0 Å². The molecule has 1 aliphatic heterocycles. The summed E-state index contributed by atoms with van der Waals surface area (Å²) in [6.45, 7) is 3.23. The van der Waals surface area contributed by atoms with E-state index in [0.29, 0.717) is 29.6 Å². The molecule has 0 unspecified atom stereocenters. The first-order valence-electron chi connectivity index (χ1n) is 11.5. The van der Waals surface area contributed by atoms with Crippen LogP contribution in [0.25, 0.3) is 27.7 Å². The van der Waals surface area contributed by atoms with Crippen LogP contribution in [-0.2, 0) is 11.3 Å². The van der Waals surface area contributed by atoms with Gasteiger partial charge in [0.05, 0.1) is 43.5 Å². The van der Waals surface area contributed by atoms with Crippen molar-refractivity contribution in [2.75, 3.05) is 25.5 Å². The number of nitrogens with one attached hydrogen (secondary N) is 1. The molecule has 10 nitrogen and oxygen atoms in total. The maximum Gasteiger partial charge on any atom is 0.244 e. The monoisotopic (exact) mass is 502 g/mol. The SMILES string of the molecule is COc1nc(N[C@H]2CCN(C(C)=O)C[C@H]2F)nn2cc(F)c(-c3ccc4nnn(C[C@@H](C)F)c4c3)c12. The number of piperidine rings is 1. The molecule has 4 heterocycles. The van der Waals surface area contributed by atoms with Gasteiger partial charge in [0.15, 0.2) is 5.82 Å². The van der Waals surface area contributed by atoms with E-state index < -0.39 is 24.2 Å². The average Bonchev–Trinajstić information content (AvgIpc) is 3.38. The van der Waals surface area contributed by atoms with Crippen molar-refractivity contribution in [3.8, 4) is 17.0 Å². The van der Waals surface area contributed by atoms with Gasteiger partial charge in [0, 0.05) is 13.5 Å². The third-order valence-electron chi connectivity index (χ3n) is 6.27. The van der Waals surface area contributed by atoms with Gasteiger partial charge in [-0.3, -0.25) is 4.79 Å². The zero-order valence-corrected chi connectivity index (χ0v) is 20.0. The summed E-state index contributed by atoms with van der Waals surface area (Å²) in [6, 6.07) is 4.42. The van der Waals surface area contributed by atoms with Crippen LogP contribution in [0.2, 0.25) is 0 Å². The van der Waals surface area contributed by atoms with Crippen molar-refractivity contribution in [2.45, 2.75) is 45.2 Å². The number of carbonyl (C=O) groups excluding carboxylic acids is 1. The van der Waals surface area contributed by atoms with Crippen LogP contribution in [0.15, 0.2) is 24.4 Å². The zero-order chi connectivity index (χ0) is 25.6. The lowest BCUT2D eigenvalue weighted by Crippen LogP contribution is -2.49. The second kappa shape index (κ2) is 9.28. The molecule has 0 bridgehead atoms. The predicted octanol–water partition coefficient (Wildman–Crippen LogP) is 3.02. The summed E-state index contributed by atoms with van der Waals surface area (Å²) in [6.07, 6.45) is -0.894. The van der Waals surface area contributed by atoms with Crippen LogP contribution in [0.5, 0.6) is 5.88 Å². The van der Waals surface area contributed by atoms with Gasteiger partial charge in [-0.05, 0) is 31.0 Å². The maximum absolute atomic E-state index is 15.3. The fraction of sp³-hybridized carbons (Fsp3) is 0.435. The number of fused-ring (bicyclic) bond motifs is 2. The van der Waals surface area contributed by atoms with Crippen molar-refractivity contribution in [3.63, 3.8) is 0 Å². The number of anilines is 1. The normalized spacial score (nSPS) is 19.1. The first-order chi connectivity index (χ1) is 17.2. The molecule has 0 aliphatic carbocycles. The molecule has 190 valence electrons. The standard InChI is InChI=1S/C23H25F3N8O2/c1-12(24)9-33-19-8-14(4-5-18(19)29-31-33)20-16(26)11-34-21(20)22(36-3)28-23(30-34)27-17-6-7-32(13(2)35)10-15(17)25/h4-5,8,11-12,15,17H,6-7,9-10H2,1-3H3,(H,27,30)/t12-,15-,17+/m1/s1. The fourth-order valence-electron chi connectivity index (χ4n) is 4.51. The van der Waals surface area contributed by atoms with E-state index >= 15 is 4.39 Å². The van der Waals surface area contributed by atoms with Crippen molar-refractivity contribution in [1.29, 1.82) is 0 Å². The van der Waals surface area contributed by atoms with Gasteiger partial charge in [-0.25, -0.2) is 22.4 Å². The van der Waals surface area contributed by atoms with Gasteiger partial charge in [-0.15, -0.1) is 10.2 Å². The number of nitrogens with zero attached hydrogens (tertiary/aromatic N) is 7. The Bertz CT molecular complexity index is 1440. The van der Waals surface area contributed by atoms with Gasteiger partial charge in [-0.2, -0.15) is 4.98 Å². The van der Waals surface area contributed by atoms with Gasteiger partial charge in [0.1, 0.15) is 23.4 Å². The molecule has 1 N–H and O–H groups in total. The minimum absolute atomic E-state index is 0.0152. The van der Waals surface area contributed by atoms with Crippen LogP contribution in [-0.4, -0.2) is 79.0 Å². The highest BCUT2D eigenvalue weighted by molar-refractivity contribution is 5.89. The average molecular weight is 503 g/mol. The van der Waals surface area contributed by atoms with Crippen molar-refractivity contribution < 1.29 is 22.7 Å². The number of alkyl halides is 2. The Kier molecular flexibility index (Phi) is 6.14. The molecule has 1 saturated heterocycles. The number of carbonyl (C=O) groups is 1. The number of hydrogen-bond acceptors (Lipinski definition) is 7. The number of likely N-dealkylation sites (tertiary alicyclic amines) is 1. The van der Waals surface area contributed by atoms with Crippen molar-refractivity contribution in [2.24, 2.45) is 0 Å². The summed E-state index contributed by atoms with van der Waals surface area (Å²) in [5.74, 6) is -0.594. The minimum atomic E-state index is -1.32. The third-order valence-corrected chi connectivity index (χ3v) is 6.27. The minimum Gasteiger partial charge on any atom is -0.479 e. The molecule has 1 aromatic carbocycles. The summed E-state index contributed by atoms with van der Waals surface area (Å²) >= 11 is 0. The Morgan fingerprint density at radius 1 is 1.36 bits per heavy atom. The highest BCUT2D eigenvalue weighted by Crippen LogP contribution is 2.35. The summed E-state index contributed by atoms with van der Waals surface area (Å²) in [5, 5.41) is 15.3. The lowest BCUT2D eigenvalue weighted by Gasteiger charge is -2.34. The number of benzene rings is 1. The summed E-state index contributed by atoms with van der Waals surface area (Å²) in [5.41, 5.74) is 2.07. The number of methoxy groups -OCH3 is 1. The van der Waals surface area contributed by atoms with E-state index in [1.54, 1.807) is 18.2 Å². The zero-order valence-electron chi connectivity index (χ0n) is 20.0. The Morgan fingerprint density at radius 2 is 2.17 bits per heavy atom. The Balaban J connectivity index is 1.51. The van der Waals surface area contributed by atoms with Crippen LogP contribution < -0.4 is 10.1 Å². The molecule has 5 rings (SSSR count). The molecule has 1 amide bonds. The van der Waals surface area contributed by atoms with Gasteiger partial charge in [0.25, 0.3) is 0 Å². The van der Waals surface area contributed by atoms with Gasteiger partial charge in [0.2, 0.25) is 17.7 Å². The lowest BCUT2D eigenvalue weighted by atomic mass is 10.0. The first kappa shape index (κ1) is 23.8. The topological polar surface area (TPSA) is 102 Å². The number of rotatable bonds is 6. The molecule has 3 atom stereocenters. The molecule has 3 aromatic heterocycles. The van der Waals surface area contributed by atoms with Crippen LogP contribution >= 0.6 is 0 Å². The van der Waals surface area contributed by atoms with E-state index in [2.05, 4.69) is 25.7 Å². The smallest absolute Gasteiger partial charge is 0.244 e. The highest BCUT2D eigenvalue weighted by atomic mass is 19.1. The third kappa shape index (κ3) is 4.29. The Hall–Kier alpha value is -3.90. The number of halogens is 3. The molecule has 1 fully saturated rings. The molecular weight excluding hydrogens is 477 g/mol. The number of aromatic nitrogens is 6. The second-order valence-electron chi connectivity index (χ2n) is 8.87. The maximum atomic E-state index is 15.3. The summed E-state index contributed by atoms with van der Waals surface area (Å²) < 4.78 is 51.7. The number of hydrogen-bond donors (Lipinski definition) is 1. The molecule has 36 heavy (non-hydrogen) atoms. The largest absolute Gasteiger partial charge is 0.479 e. The molecule has 0 radical (unpaired) electrons. The van der Waals surface area contributed by atoms with E-state index in [-0.39, 0.29) is 41.9 Å². The van der Waals surface area contributed by atoms with Crippen molar-refractivity contribution >= 4 is 28.4 Å². The van der Waals surface area contributed by atoms with Gasteiger partial charge >= 0.3 is 0 Å². The van der Waals surface area contributed by atoms with Crippen LogP contribution in [0.3, 0.4) is 0 Å². The summed E-state index contributed by atoms with van der Waals surface area (Å²) in [4.78, 5) is 17.4. The van der Waals surface area contributed by atoms with E-state index in [9.17, 15) is 13.6 Å². The molecule has 0 saturated carbocycles. The Labute approximate surface area is 204 Å². The van der Waals surface area contributed by atoms with Gasteiger partial charge in [-0.1, -0.05) is 11.3 Å². The van der Waals surface area contributed by atoms with Crippen molar-refractivity contribution in [3.05, 3.63) is 30.2 Å². The molecule has 0 spiro atoms. The summed E-state index contributed by atoms with van der Waals surface area (Å²) in [7, 11) is 1.40. The number of ether oxygens (including phenoxy) is 1. The molecule has 4 aromatic rings. The lowest BCUT2D eigenvalue weighted by molar-refractivity contribution is -0.131. The highest BCUT2D eigenvalue weighted by Gasteiger charge is 2.31. The van der Waals surface area contributed by atoms with E-state index in [4.69, 9.17) is 4.74 Å². The van der Waals surface area contributed by atoms with E-state index in [1.807, 2.05) is 0 Å². The molecule has 1 aliphatic rings. The first-order valence-corrected chi connectivity index (χ1v) is 11.5. The second-order valence-corrected chi connectivity index (χ2v) is 8.87. The quantitative estimate of drug-likeness (QED) is 0.432. The number of amides is 1. The van der Waals surface area contributed by atoms with Gasteiger partial charge < -0.3 is 15.0 Å². The van der Waals surface area contributed by atoms with Crippen molar-refractivity contribution in [1.82, 2.24) is 34.5 Å². The fourth-order valence-corrected chi connectivity index (χ4v) is 4.51. The van der Waals surface area contributed by atoms with E-state index in [1.165, 1.54) is 41.3 Å². The molecular formula is C23H25F3N8O2. The predicted molar refractivity (Wildman–Crippen MR) is 126 cm³/mol. The molecule has 13 heteroatoms. The van der Waals surface area contributed by atoms with Crippen LogP contribution in [0, 0.1) is 5.82 Å². The van der Waals surface area contributed by atoms with Crippen LogP contribution in [0.4, 0.5) is 19.1 Å².